The van der Waals surface area contributed by atoms with Gasteiger partial charge < -0.3 is 10.6 Å². The molecule has 7 heteroatoms. The molecule has 5 rings (SSSR count). The number of allylic oxidation sites excluding steroid dienone is 2. The van der Waals surface area contributed by atoms with Gasteiger partial charge >= 0.3 is 0 Å². The Kier molecular flexibility index (Phi) is 4.47. The van der Waals surface area contributed by atoms with Crippen molar-refractivity contribution in [2.45, 2.75) is 32.4 Å². The molecule has 0 amide bonds. The maximum absolute atomic E-state index is 4.87. The van der Waals surface area contributed by atoms with Gasteiger partial charge in [-0.1, -0.05) is 24.3 Å². The Bertz CT molecular complexity index is 1170. The lowest BCUT2D eigenvalue weighted by molar-refractivity contribution is 0.441. The highest BCUT2D eigenvalue weighted by molar-refractivity contribution is 5.92. The van der Waals surface area contributed by atoms with Gasteiger partial charge in [-0.15, -0.1) is 0 Å². The molecule has 4 aliphatic rings. The second-order valence-electron chi connectivity index (χ2n) is 8.07. The predicted octanol–water partition coefficient (Wildman–Crippen LogP) is 1.70. The third kappa shape index (κ3) is 3.21. The van der Waals surface area contributed by atoms with Crippen molar-refractivity contribution in [1.29, 1.82) is 0 Å². The molecule has 1 aromatic carbocycles. The van der Waals surface area contributed by atoms with Crippen LogP contribution >= 0.6 is 0 Å². The minimum atomic E-state index is 0.0755. The number of nitrogens with one attached hydrogen (secondary N) is 3. The van der Waals surface area contributed by atoms with Crippen LogP contribution in [0.25, 0.3) is 12.2 Å². The van der Waals surface area contributed by atoms with Crippen LogP contribution in [0.15, 0.2) is 58.3 Å². The Morgan fingerprint density at radius 1 is 0.833 bits per heavy atom. The lowest BCUT2D eigenvalue weighted by atomic mass is 10.0. The summed E-state index contributed by atoms with van der Waals surface area (Å²) >= 11 is 0. The van der Waals surface area contributed by atoms with Crippen LogP contribution in [0.4, 0.5) is 11.4 Å². The third-order valence-corrected chi connectivity index (χ3v) is 5.97. The fourth-order valence-electron chi connectivity index (χ4n) is 4.19. The first-order chi connectivity index (χ1) is 14.5. The van der Waals surface area contributed by atoms with E-state index >= 15 is 0 Å². The summed E-state index contributed by atoms with van der Waals surface area (Å²) in [6.07, 6.45) is 13.7. The lowest BCUT2D eigenvalue weighted by Gasteiger charge is -2.29. The molecule has 154 valence electrons. The van der Waals surface area contributed by atoms with Gasteiger partial charge in [0, 0.05) is 24.5 Å². The molecule has 0 fully saturated rings. The molecule has 0 spiro atoms. The first-order valence-electron chi connectivity index (χ1n) is 10.3. The second kappa shape index (κ2) is 7.18. The fraction of sp³-hybridized carbons (Fsp3) is 0.304. The number of nitrogens with zero attached hydrogens (tertiary/aromatic N) is 4. The van der Waals surface area contributed by atoms with E-state index in [1.54, 1.807) is 0 Å². The Labute approximate surface area is 176 Å². The van der Waals surface area contributed by atoms with Crippen LogP contribution in [0.5, 0.6) is 0 Å². The number of anilines is 2. The van der Waals surface area contributed by atoms with E-state index in [4.69, 9.17) is 10.2 Å². The van der Waals surface area contributed by atoms with Crippen LogP contribution in [0.2, 0.25) is 0 Å². The number of hydrazone groups is 2. The van der Waals surface area contributed by atoms with Gasteiger partial charge in [0.05, 0.1) is 34.9 Å². The molecule has 4 aliphatic heterocycles. The maximum Gasteiger partial charge on any atom is 0.126 e. The van der Waals surface area contributed by atoms with E-state index in [9.17, 15) is 0 Å². The molecule has 4 heterocycles. The summed E-state index contributed by atoms with van der Waals surface area (Å²) < 4.78 is 0. The van der Waals surface area contributed by atoms with Gasteiger partial charge in [0.15, 0.2) is 0 Å². The molecule has 1 aromatic rings. The van der Waals surface area contributed by atoms with E-state index in [1.165, 1.54) is 0 Å². The van der Waals surface area contributed by atoms with Gasteiger partial charge in [-0.3, -0.25) is 15.3 Å². The standard InChI is InChI=1S/C23H27N7/c1-14-18-6-5-7-19(24-18)15(2)28-30(4)21-13-11-17-9-8-16-10-12-20(29(3)27-14)25-22(16)23(17)26-21/h5-6,8-13,18-19,24-26H,7H2,1-4H3/b27-14+,28-15+. The SMILES string of the molecule is C/C1=N\N(C)C2=CC=c3ccc4c(c3N2)NC(=CC=4)N(C)/N=C(\C)C2CC=CC1N2. The number of fused-ring (bicyclic) bond motifs is 4. The first kappa shape index (κ1) is 18.7. The third-order valence-electron chi connectivity index (χ3n) is 5.97. The summed E-state index contributed by atoms with van der Waals surface area (Å²) in [6, 6.07) is 4.52. The minimum absolute atomic E-state index is 0.0755. The van der Waals surface area contributed by atoms with E-state index in [-0.39, 0.29) is 12.1 Å². The monoisotopic (exact) mass is 401 g/mol. The molecule has 0 saturated carbocycles. The first-order valence-corrected chi connectivity index (χ1v) is 10.3. The van der Waals surface area contributed by atoms with Crippen LogP contribution in [0.3, 0.4) is 0 Å². The predicted molar refractivity (Wildman–Crippen MR) is 124 cm³/mol. The highest BCUT2D eigenvalue weighted by Crippen LogP contribution is 2.24. The van der Waals surface area contributed by atoms with Gasteiger partial charge in [-0.05, 0) is 44.6 Å². The zero-order valence-corrected chi connectivity index (χ0v) is 17.8. The van der Waals surface area contributed by atoms with Crippen molar-refractivity contribution in [2.24, 2.45) is 10.2 Å². The molecule has 0 aliphatic carbocycles. The Hall–Kier alpha value is -3.32. The molecule has 3 N–H and O–H groups in total. The molecule has 30 heavy (non-hydrogen) atoms. The van der Waals surface area contributed by atoms with Crippen molar-refractivity contribution in [3.8, 4) is 0 Å². The smallest absolute Gasteiger partial charge is 0.126 e. The fourth-order valence-corrected chi connectivity index (χ4v) is 4.19. The Morgan fingerprint density at radius 2 is 1.40 bits per heavy atom. The van der Waals surface area contributed by atoms with Crippen molar-refractivity contribution in [3.63, 3.8) is 0 Å². The van der Waals surface area contributed by atoms with Gasteiger partial charge in [0.25, 0.3) is 0 Å². The van der Waals surface area contributed by atoms with Gasteiger partial charge in [0.1, 0.15) is 11.6 Å². The summed E-state index contributed by atoms with van der Waals surface area (Å²) in [4.78, 5) is 0. The molecule has 0 saturated heterocycles. The van der Waals surface area contributed by atoms with Crippen molar-refractivity contribution in [3.05, 3.63) is 58.5 Å². The topological polar surface area (TPSA) is 67.3 Å². The van der Waals surface area contributed by atoms with Gasteiger partial charge in [-0.25, -0.2) is 0 Å². The van der Waals surface area contributed by atoms with Crippen LogP contribution in [-0.2, 0) is 0 Å². The molecule has 2 atom stereocenters. The largest absolute Gasteiger partial charge is 0.338 e. The van der Waals surface area contributed by atoms with Gasteiger partial charge in [0.2, 0.25) is 0 Å². The van der Waals surface area contributed by atoms with E-state index in [2.05, 4.69) is 78.4 Å². The van der Waals surface area contributed by atoms with Crippen LogP contribution < -0.4 is 26.4 Å². The van der Waals surface area contributed by atoms with Crippen molar-refractivity contribution < 1.29 is 0 Å². The Morgan fingerprint density at radius 3 is 2.00 bits per heavy atom. The van der Waals surface area contributed by atoms with Crippen LogP contribution in [0, 0.1) is 0 Å². The van der Waals surface area contributed by atoms with Crippen LogP contribution in [0.1, 0.15) is 20.3 Å². The van der Waals surface area contributed by atoms with Crippen molar-refractivity contribution in [2.75, 3.05) is 24.7 Å². The average molecular weight is 402 g/mol. The molecule has 0 aromatic heterocycles. The lowest BCUT2D eigenvalue weighted by Crippen LogP contribution is -2.47. The zero-order chi connectivity index (χ0) is 20.8. The number of rotatable bonds is 0. The number of benzene rings is 1. The summed E-state index contributed by atoms with van der Waals surface area (Å²) in [5.74, 6) is 1.87. The molecule has 6 bridgehead atoms. The highest BCUT2D eigenvalue weighted by Gasteiger charge is 2.24. The summed E-state index contributed by atoms with van der Waals surface area (Å²) in [5.41, 5.74) is 4.15. The minimum Gasteiger partial charge on any atom is -0.338 e. The van der Waals surface area contributed by atoms with E-state index in [1.807, 2.05) is 24.1 Å². The zero-order valence-electron chi connectivity index (χ0n) is 17.8. The van der Waals surface area contributed by atoms with E-state index in [0.717, 1.165) is 51.3 Å². The van der Waals surface area contributed by atoms with Gasteiger partial charge in [-0.2, -0.15) is 10.2 Å². The number of hydrogen-bond acceptors (Lipinski definition) is 7. The summed E-state index contributed by atoms with van der Waals surface area (Å²) in [5, 5.41) is 26.6. The molecule has 7 nitrogen and oxygen atoms in total. The Balaban J connectivity index is 1.65. The average Bonchev–Trinajstić information content (AvgIpc) is 2.77. The highest BCUT2D eigenvalue weighted by atomic mass is 15.5. The molecule has 0 radical (unpaired) electrons. The normalized spacial score (nSPS) is 28.1. The van der Waals surface area contributed by atoms with E-state index < -0.39 is 0 Å². The summed E-state index contributed by atoms with van der Waals surface area (Å²) in [6.45, 7) is 4.14. The maximum atomic E-state index is 4.87. The summed E-state index contributed by atoms with van der Waals surface area (Å²) in [7, 11) is 3.96. The number of hydrogen-bond donors (Lipinski definition) is 3. The molecule has 2 unspecified atom stereocenters. The quantitative estimate of drug-likeness (QED) is 0.578. The van der Waals surface area contributed by atoms with Crippen molar-refractivity contribution >= 4 is 35.0 Å². The molecular weight excluding hydrogens is 374 g/mol. The van der Waals surface area contributed by atoms with E-state index in [0.29, 0.717) is 0 Å². The second-order valence-corrected chi connectivity index (χ2v) is 8.07. The van der Waals surface area contributed by atoms with Crippen molar-refractivity contribution in [1.82, 2.24) is 15.3 Å². The molecular formula is C23H27N7. The van der Waals surface area contributed by atoms with Crippen LogP contribution in [-0.4, -0.2) is 47.6 Å².